The Morgan fingerprint density at radius 1 is 1.21 bits per heavy atom. The lowest BCUT2D eigenvalue weighted by Gasteiger charge is -2.51. The summed E-state index contributed by atoms with van der Waals surface area (Å²) >= 11 is 0. The molecule has 4 rings (SSSR count). The van der Waals surface area contributed by atoms with E-state index >= 15 is 0 Å². The highest BCUT2D eigenvalue weighted by Crippen LogP contribution is 2.42. The van der Waals surface area contributed by atoms with Crippen LogP contribution in [0.3, 0.4) is 0 Å². The Bertz CT molecular complexity index is 864. The zero-order valence-electron chi connectivity index (χ0n) is 17.5. The number of aromatic nitrogens is 3. The van der Waals surface area contributed by atoms with Crippen LogP contribution >= 0.6 is 0 Å². The van der Waals surface area contributed by atoms with Crippen LogP contribution in [0.25, 0.3) is 0 Å². The van der Waals surface area contributed by atoms with Gasteiger partial charge >= 0.3 is 0 Å². The Kier molecular flexibility index (Phi) is 5.00. The molecule has 1 N–H and O–H groups in total. The number of nitrogens with zero attached hydrogens (tertiary/aromatic N) is 4. The number of carbonyl (C=O) groups is 1. The lowest BCUT2D eigenvalue weighted by Crippen LogP contribution is -2.57. The molecule has 0 radical (unpaired) electrons. The second-order valence-corrected chi connectivity index (χ2v) is 8.78. The van der Waals surface area contributed by atoms with Gasteiger partial charge in [-0.15, -0.1) is 0 Å². The van der Waals surface area contributed by atoms with E-state index in [0.29, 0.717) is 5.92 Å². The van der Waals surface area contributed by atoms with Crippen LogP contribution in [0.15, 0.2) is 18.6 Å². The lowest BCUT2D eigenvalue weighted by atomic mass is 9.78. The molecule has 0 bridgehead atoms. The number of nitrogens with one attached hydrogen (secondary N) is 1. The van der Waals surface area contributed by atoms with Crippen molar-refractivity contribution in [2.75, 3.05) is 26.2 Å². The number of rotatable bonds is 3. The number of H-pyrrole nitrogens is 1. The van der Waals surface area contributed by atoms with Crippen LogP contribution in [0.1, 0.15) is 59.7 Å². The van der Waals surface area contributed by atoms with Crippen LogP contribution in [0.4, 0.5) is 0 Å². The van der Waals surface area contributed by atoms with Gasteiger partial charge < -0.3 is 9.88 Å². The summed E-state index contributed by atoms with van der Waals surface area (Å²) in [7, 11) is 0. The lowest BCUT2D eigenvalue weighted by molar-refractivity contribution is 0.000589. The fraction of sp³-hybridized carbons (Fsp3) is 0.591. The minimum Gasteiger partial charge on any atom is -0.348 e. The predicted octanol–water partition coefficient (Wildman–Crippen LogP) is 3.07. The van der Waals surface area contributed by atoms with Gasteiger partial charge in [-0.2, -0.15) is 0 Å². The topological polar surface area (TPSA) is 65.1 Å². The summed E-state index contributed by atoms with van der Waals surface area (Å²) in [6.45, 7) is 12.2. The van der Waals surface area contributed by atoms with Crippen molar-refractivity contribution in [3.8, 4) is 0 Å². The first-order valence-electron chi connectivity index (χ1n) is 10.4. The Hall–Kier alpha value is -2.21. The molecule has 1 saturated heterocycles. The Morgan fingerprint density at radius 2 is 1.96 bits per heavy atom. The summed E-state index contributed by atoms with van der Waals surface area (Å²) in [5, 5.41) is 0. The van der Waals surface area contributed by atoms with Crippen molar-refractivity contribution < 1.29 is 4.79 Å². The summed E-state index contributed by atoms with van der Waals surface area (Å²) in [4.78, 5) is 30.2. The average Bonchev–Trinajstić information content (AvgIpc) is 3.14. The highest BCUT2D eigenvalue weighted by Gasteiger charge is 2.47. The van der Waals surface area contributed by atoms with Gasteiger partial charge in [-0.05, 0) is 44.2 Å². The number of pyridine rings is 1. The molecule has 150 valence electrons. The monoisotopic (exact) mass is 381 g/mol. The van der Waals surface area contributed by atoms with Gasteiger partial charge in [0.15, 0.2) is 0 Å². The molecule has 28 heavy (non-hydrogen) atoms. The molecule has 0 aromatic carbocycles. The van der Waals surface area contributed by atoms with Gasteiger partial charge in [0.1, 0.15) is 0 Å². The molecule has 2 aliphatic heterocycles. The molecule has 0 unspecified atom stereocenters. The number of aryl methyl sites for hydroxylation is 2. The molecule has 2 aliphatic rings. The third kappa shape index (κ3) is 3.24. The number of aromatic amines is 1. The predicted molar refractivity (Wildman–Crippen MR) is 109 cm³/mol. The summed E-state index contributed by atoms with van der Waals surface area (Å²) in [5.41, 5.74) is 5.12. The van der Waals surface area contributed by atoms with Crippen molar-refractivity contribution in [1.82, 2.24) is 24.8 Å². The molecule has 0 saturated carbocycles. The van der Waals surface area contributed by atoms with Crippen LogP contribution in [0.5, 0.6) is 0 Å². The van der Waals surface area contributed by atoms with Crippen LogP contribution in [0, 0.1) is 19.8 Å². The highest BCUT2D eigenvalue weighted by molar-refractivity contribution is 5.95. The first-order chi connectivity index (χ1) is 13.4. The Balaban J connectivity index is 1.56. The average molecular weight is 382 g/mol. The zero-order chi connectivity index (χ0) is 19.9. The zero-order valence-corrected chi connectivity index (χ0v) is 17.5. The van der Waals surface area contributed by atoms with E-state index in [0.717, 1.165) is 62.3 Å². The second-order valence-electron chi connectivity index (χ2n) is 8.78. The van der Waals surface area contributed by atoms with Gasteiger partial charge in [0.25, 0.3) is 5.91 Å². The maximum atomic E-state index is 13.1. The number of carbonyl (C=O) groups excluding carboxylic acids is 1. The van der Waals surface area contributed by atoms with E-state index in [2.05, 4.69) is 28.7 Å². The normalized spacial score (nSPS) is 19.2. The van der Waals surface area contributed by atoms with Gasteiger partial charge in [0.2, 0.25) is 0 Å². The first-order valence-corrected chi connectivity index (χ1v) is 10.4. The maximum absolute atomic E-state index is 13.1. The number of fused-ring (bicyclic) bond motifs is 2. The van der Waals surface area contributed by atoms with E-state index in [9.17, 15) is 4.79 Å². The van der Waals surface area contributed by atoms with Crippen molar-refractivity contribution in [3.05, 3.63) is 46.8 Å². The fourth-order valence-corrected chi connectivity index (χ4v) is 4.95. The third-order valence-electron chi connectivity index (χ3n) is 6.34. The van der Waals surface area contributed by atoms with Gasteiger partial charge in [0, 0.05) is 50.2 Å². The van der Waals surface area contributed by atoms with Crippen molar-refractivity contribution in [1.29, 1.82) is 0 Å². The van der Waals surface area contributed by atoms with Crippen LogP contribution < -0.4 is 0 Å². The van der Waals surface area contributed by atoms with E-state index in [-0.39, 0.29) is 11.4 Å². The largest absolute Gasteiger partial charge is 0.348 e. The van der Waals surface area contributed by atoms with Crippen LogP contribution in [0.2, 0.25) is 0 Å². The number of piperidine rings is 1. The van der Waals surface area contributed by atoms with E-state index in [1.54, 1.807) is 6.20 Å². The van der Waals surface area contributed by atoms with E-state index in [4.69, 9.17) is 4.98 Å². The van der Waals surface area contributed by atoms with Crippen molar-refractivity contribution in [2.45, 2.75) is 52.5 Å². The smallest absolute Gasteiger partial charge is 0.255 e. The molecule has 0 atom stereocenters. The second kappa shape index (κ2) is 7.32. The van der Waals surface area contributed by atoms with E-state index < -0.39 is 0 Å². The maximum Gasteiger partial charge on any atom is 0.255 e. The SMILES string of the molecule is Cc1cc(C)c(C(=O)N2CCC3(CC2)c2nc[nH]c2CCN3CC(C)C)cn1. The van der Waals surface area contributed by atoms with Gasteiger partial charge in [-0.1, -0.05) is 13.8 Å². The first kappa shape index (κ1) is 19.1. The van der Waals surface area contributed by atoms with Gasteiger partial charge in [0.05, 0.1) is 23.1 Å². The van der Waals surface area contributed by atoms with Crippen molar-refractivity contribution in [3.63, 3.8) is 0 Å². The van der Waals surface area contributed by atoms with E-state index in [1.165, 1.54) is 11.4 Å². The Labute approximate surface area is 167 Å². The summed E-state index contributed by atoms with van der Waals surface area (Å²) in [6, 6.07) is 1.99. The van der Waals surface area contributed by atoms with Crippen molar-refractivity contribution >= 4 is 5.91 Å². The summed E-state index contributed by atoms with van der Waals surface area (Å²) < 4.78 is 0. The summed E-state index contributed by atoms with van der Waals surface area (Å²) in [6.07, 6.45) is 6.46. The number of hydrogen-bond acceptors (Lipinski definition) is 4. The molecule has 6 heteroatoms. The molecule has 0 aliphatic carbocycles. The number of hydrogen-bond donors (Lipinski definition) is 1. The number of imidazole rings is 1. The fourth-order valence-electron chi connectivity index (χ4n) is 4.95. The number of amides is 1. The highest BCUT2D eigenvalue weighted by atomic mass is 16.2. The molecule has 1 fully saturated rings. The molecule has 4 heterocycles. The third-order valence-corrected chi connectivity index (χ3v) is 6.34. The Morgan fingerprint density at radius 3 is 2.64 bits per heavy atom. The van der Waals surface area contributed by atoms with Gasteiger partial charge in [-0.3, -0.25) is 14.7 Å². The molecular formula is C22H31N5O. The minimum atomic E-state index is -0.0464. The molecule has 6 nitrogen and oxygen atoms in total. The van der Waals surface area contributed by atoms with Crippen molar-refractivity contribution in [2.24, 2.45) is 5.92 Å². The molecular weight excluding hydrogens is 350 g/mol. The van der Waals surface area contributed by atoms with Crippen LogP contribution in [-0.4, -0.2) is 56.8 Å². The molecule has 2 aromatic heterocycles. The molecule has 2 aromatic rings. The van der Waals surface area contributed by atoms with Gasteiger partial charge in [-0.25, -0.2) is 4.98 Å². The van der Waals surface area contributed by atoms with Crippen LogP contribution in [-0.2, 0) is 12.0 Å². The quantitative estimate of drug-likeness (QED) is 0.887. The molecule has 1 amide bonds. The van der Waals surface area contributed by atoms with E-state index in [1.807, 2.05) is 31.1 Å². The number of likely N-dealkylation sites (tertiary alicyclic amines) is 1. The minimum absolute atomic E-state index is 0.0464. The molecule has 1 spiro atoms. The summed E-state index contributed by atoms with van der Waals surface area (Å²) in [5.74, 6) is 0.714. The standard InChI is InChI=1S/C22H31N5O/c1-15(2)13-27-8-5-19-20(25-14-24-19)22(27)6-9-26(10-7-22)21(28)18-12-23-17(4)11-16(18)3/h11-12,14-15H,5-10,13H2,1-4H3,(H,24,25).